The summed E-state index contributed by atoms with van der Waals surface area (Å²) < 4.78 is 32.7. The highest BCUT2D eigenvalue weighted by molar-refractivity contribution is 7.89. The molecule has 0 N–H and O–H groups in total. The van der Waals surface area contributed by atoms with Crippen molar-refractivity contribution >= 4 is 27.3 Å². The Morgan fingerprint density at radius 2 is 1.68 bits per heavy atom. The average molecular weight is 421 g/mol. The van der Waals surface area contributed by atoms with Crippen LogP contribution in [0.3, 0.4) is 0 Å². The van der Waals surface area contributed by atoms with E-state index in [1.165, 1.54) is 21.2 Å². The number of hydrogen-bond acceptors (Lipinski definition) is 5. The number of hydrogen-bond donors (Lipinski definition) is 0. The first-order valence-corrected chi connectivity index (χ1v) is 11.9. The maximum atomic E-state index is 13.1. The van der Waals surface area contributed by atoms with Gasteiger partial charge in [0.1, 0.15) is 9.77 Å². The predicted octanol–water partition coefficient (Wildman–Crippen LogP) is 2.79. The van der Waals surface area contributed by atoms with Gasteiger partial charge in [0.2, 0.25) is 10.0 Å². The molecule has 0 bridgehead atoms. The lowest BCUT2D eigenvalue weighted by Gasteiger charge is -2.32. The van der Waals surface area contributed by atoms with Gasteiger partial charge in [-0.05, 0) is 35.8 Å². The molecule has 0 aliphatic carbocycles. The van der Waals surface area contributed by atoms with Crippen LogP contribution >= 0.6 is 11.3 Å². The number of nitrogens with zero attached hydrogens (tertiary/aromatic N) is 2. The number of likely N-dealkylation sites (tertiary alicyclic amines) is 1. The summed E-state index contributed by atoms with van der Waals surface area (Å²) >= 11 is 1.21. The topological polar surface area (TPSA) is 66.9 Å². The third-order valence-corrected chi connectivity index (χ3v) is 8.44. The monoisotopic (exact) mass is 420 g/mol. The molecular weight excluding hydrogens is 396 g/mol. The number of sulfonamides is 1. The molecule has 1 amide bonds. The largest absolute Gasteiger partial charge is 0.379 e. The van der Waals surface area contributed by atoms with Gasteiger partial charge in [-0.15, -0.1) is 11.3 Å². The highest BCUT2D eigenvalue weighted by atomic mass is 32.2. The lowest BCUT2D eigenvalue weighted by Crippen LogP contribution is -2.42. The number of piperidine rings is 1. The Morgan fingerprint density at radius 1 is 1.00 bits per heavy atom. The molecule has 2 fully saturated rings. The Balaban J connectivity index is 1.47. The molecule has 2 aliphatic heterocycles. The third-order valence-electron chi connectivity index (χ3n) is 5.46. The van der Waals surface area contributed by atoms with E-state index in [0.29, 0.717) is 50.2 Å². The standard InChI is InChI=1S/C20H24N2O4S2/c23-20(21-9-6-17(7-10-21)16-4-2-1-3-5-16)19-18(8-15-27-19)28(24,25)22-11-13-26-14-12-22/h1-5,8,15,17H,6-7,9-14H2. The zero-order valence-electron chi connectivity index (χ0n) is 15.6. The number of benzene rings is 1. The number of morpholine rings is 1. The number of carbonyl (C=O) groups excluding carboxylic acids is 1. The van der Waals surface area contributed by atoms with Gasteiger partial charge in [0.05, 0.1) is 13.2 Å². The lowest BCUT2D eigenvalue weighted by molar-refractivity contribution is 0.0708. The molecule has 1 aromatic heterocycles. The van der Waals surface area contributed by atoms with Gasteiger partial charge in [0.25, 0.3) is 5.91 Å². The van der Waals surface area contributed by atoms with E-state index in [2.05, 4.69) is 12.1 Å². The van der Waals surface area contributed by atoms with Crippen molar-refractivity contribution in [3.8, 4) is 0 Å². The molecule has 150 valence electrons. The highest BCUT2D eigenvalue weighted by Gasteiger charge is 2.33. The van der Waals surface area contributed by atoms with Crippen LogP contribution in [0.4, 0.5) is 0 Å². The van der Waals surface area contributed by atoms with Crippen LogP contribution in [0.5, 0.6) is 0 Å². The van der Waals surface area contributed by atoms with Crippen LogP contribution in [0.2, 0.25) is 0 Å². The molecule has 3 heterocycles. The van der Waals surface area contributed by atoms with Gasteiger partial charge in [0, 0.05) is 26.2 Å². The molecule has 28 heavy (non-hydrogen) atoms. The minimum Gasteiger partial charge on any atom is -0.379 e. The van der Waals surface area contributed by atoms with Gasteiger partial charge >= 0.3 is 0 Å². The van der Waals surface area contributed by atoms with Crippen LogP contribution in [0, 0.1) is 0 Å². The lowest BCUT2D eigenvalue weighted by atomic mass is 9.89. The molecule has 8 heteroatoms. The number of amides is 1. The van der Waals surface area contributed by atoms with Gasteiger partial charge in [0.15, 0.2) is 0 Å². The summed E-state index contributed by atoms with van der Waals surface area (Å²) in [7, 11) is -3.67. The van der Waals surface area contributed by atoms with E-state index in [1.54, 1.807) is 16.3 Å². The molecule has 4 rings (SSSR count). The fourth-order valence-electron chi connectivity index (χ4n) is 3.87. The van der Waals surface area contributed by atoms with Gasteiger partial charge < -0.3 is 9.64 Å². The van der Waals surface area contributed by atoms with Gasteiger partial charge in [-0.2, -0.15) is 4.31 Å². The van der Waals surface area contributed by atoms with Crippen molar-refractivity contribution in [1.82, 2.24) is 9.21 Å². The number of thiophene rings is 1. The van der Waals surface area contributed by atoms with Crippen LogP contribution in [0.15, 0.2) is 46.7 Å². The van der Waals surface area contributed by atoms with Crippen molar-refractivity contribution < 1.29 is 17.9 Å². The van der Waals surface area contributed by atoms with E-state index in [-0.39, 0.29) is 10.8 Å². The molecular formula is C20H24N2O4S2. The SMILES string of the molecule is O=C(c1sccc1S(=O)(=O)N1CCOCC1)N1CCC(c2ccccc2)CC1. The van der Waals surface area contributed by atoms with Crippen molar-refractivity contribution in [3.63, 3.8) is 0 Å². The van der Waals surface area contributed by atoms with E-state index in [0.717, 1.165) is 12.8 Å². The molecule has 6 nitrogen and oxygen atoms in total. The average Bonchev–Trinajstić information content (AvgIpc) is 3.25. The fourth-order valence-corrected chi connectivity index (χ4v) is 6.64. The molecule has 0 saturated carbocycles. The molecule has 2 saturated heterocycles. The van der Waals surface area contributed by atoms with Crippen LogP contribution < -0.4 is 0 Å². The van der Waals surface area contributed by atoms with Crippen molar-refractivity contribution in [2.24, 2.45) is 0 Å². The maximum absolute atomic E-state index is 13.1. The smallest absolute Gasteiger partial charge is 0.265 e. The minimum atomic E-state index is -3.67. The molecule has 2 aliphatic rings. The predicted molar refractivity (Wildman–Crippen MR) is 108 cm³/mol. The second kappa shape index (κ2) is 8.32. The maximum Gasteiger partial charge on any atom is 0.265 e. The van der Waals surface area contributed by atoms with E-state index >= 15 is 0 Å². The van der Waals surface area contributed by atoms with E-state index in [4.69, 9.17) is 4.74 Å². The summed E-state index contributed by atoms with van der Waals surface area (Å²) in [6, 6.07) is 11.9. The van der Waals surface area contributed by atoms with Gasteiger partial charge in [-0.1, -0.05) is 30.3 Å². The first kappa shape index (κ1) is 19.6. The van der Waals surface area contributed by atoms with Gasteiger partial charge in [-0.25, -0.2) is 8.42 Å². The number of ether oxygens (including phenoxy) is 1. The Bertz CT molecular complexity index is 913. The van der Waals surface area contributed by atoms with Crippen LogP contribution in [-0.4, -0.2) is 62.9 Å². The van der Waals surface area contributed by atoms with Crippen molar-refractivity contribution in [1.29, 1.82) is 0 Å². The van der Waals surface area contributed by atoms with E-state index < -0.39 is 10.0 Å². The summed E-state index contributed by atoms with van der Waals surface area (Å²) in [5.74, 6) is 0.276. The Labute approximate surface area is 169 Å². The Hall–Kier alpha value is -1.74. The van der Waals surface area contributed by atoms with Crippen molar-refractivity contribution in [3.05, 3.63) is 52.2 Å². The summed E-state index contributed by atoms with van der Waals surface area (Å²) in [6.07, 6.45) is 1.79. The number of carbonyl (C=O) groups is 1. The number of rotatable bonds is 4. The van der Waals surface area contributed by atoms with Crippen molar-refractivity contribution in [2.45, 2.75) is 23.7 Å². The normalized spacial score (nSPS) is 19.6. The van der Waals surface area contributed by atoms with Crippen LogP contribution in [0.25, 0.3) is 0 Å². The summed E-state index contributed by atoms with van der Waals surface area (Å²) in [5.41, 5.74) is 1.31. The highest BCUT2D eigenvalue weighted by Crippen LogP contribution is 2.31. The first-order valence-electron chi connectivity index (χ1n) is 9.57. The quantitative estimate of drug-likeness (QED) is 0.763. The van der Waals surface area contributed by atoms with Gasteiger partial charge in [-0.3, -0.25) is 4.79 Å². The zero-order chi connectivity index (χ0) is 19.6. The molecule has 2 aromatic rings. The van der Waals surface area contributed by atoms with Crippen molar-refractivity contribution in [2.75, 3.05) is 39.4 Å². The second-order valence-corrected chi connectivity index (χ2v) is 9.93. The zero-order valence-corrected chi connectivity index (χ0v) is 17.3. The molecule has 0 atom stereocenters. The third kappa shape index (κ3) is 3.87. The molecule has 0 spiro atoms. The first-order chi connectivity index (χ1) is 13.6. The molecule has 0 unspecified atom stereocenters. The van der Waals surface area contributed by atoms with Crippen LogP contribution in [0.1, 0.15) is 34.0 Å². The Morgan fingerprint density at radius 3 is 2.36 bits per heavy atom. The fraction of sp³-hybridized carbons (Fsp3) is 0.450. The summed E-state index contributed by atoms with van der Waals surface area (Å²) in [4.78, 5) is 15.3. The molecule has 0 radical (unpaired) electrons. The molecule has 1 aromatic carbocycles. The minimum absolute atomic E-state index is 0.134. The van der Waals surface area contributed by atoms with E-state index in [1.807, 2.05) is 18.2 Å². The summed E-state index contributed by atoms with van der Waals surface area (Å²) in [5, 5.41) is 1.69. The Kier molecular flexibility index (Phi) is 5.82. The van der Waals surface area contributed by atoms with E-state index in [9.17, 15) is 13.2 Å². The van der Waals surface area contributed by atoms with Crippen LogP contribution in [-0.2, 0) is 14.8 Å². The second-order valence-electron chi connectivity index (χ2n) is 7.11. The summed E-state index contributed by atoms with van der Waals surface area (Å²) in [6.45, 7) is 2.72.